The average Bonchev–Trinajstić information content (AvgIpc) is 3.67. The van der Waals surface area contributed by atoms with Gasteiger partial charge in [-0.15, -0.1) is 0 Å². The molecule has 1 N–H and O–H groups in total. The number of rotatable bonds is 7. The van der Waals surface area contributed by atoms with Crippen LogP contribution in [0.15, 0.2) is 102 Å². The maximum atomic E-state index is 14.0. The van der Waals surface area contributed by atoms with E-state index in [1.54, 1.807) is 30.3 Å². The maximum absolute atomic E-state index is 14.0. The Morgan fingerprint density at radius 3 is 2.10 bits per heavy atom. The van der Waals surface area contributed by atoms with Crippen LogP contribution in [-0.2, 0) is 13.2 Å². The molecule has 1 aliphatic rings. The highest BCUT2D eigenvalue weighted by molar-refractivity contribution is 6.00. The lowest BCUT2D eigenvalue weighted by Crippen LogP contribution is -2.43. The van der Waals surface area contributed by atoms with E-state index in [2.05, 4.69) is 37.6 Å². The molecule has 1 aliphatic carbocycles. The highest BCUT2D eigenvalue weighted by Gasteiger charge is 2.34. The lowest BCUT2D eigenvalue weighted by molar-refractivity contribution is -0.874. The zero-order valence-electron chi connectivity index (χ0n) is 28.6. The van der Waals surface area contributed by atoms with Crippen LogP contribution in [0.4, 0.5) is 13.2 Å². The minimum absolute atomic E-state index is 0.0297. The van der Waals surface area contributed by atoms with E-state index in [1.165, 1.54) is 34.7 Å². The molecule has 50 heavy (non-hydrogen) atoms. The molecule has 260 valence electrons. The highest BCUT2D eigenvalue weighted by atomic mass is 19.4. The SMILES string of the molecule is Cn1c(-c2ccnn2-c2ccc(C#N)cc2)c(C(=O)N[C@H]2CC[C@H](C[N+](C)(C)C)CC2)c(=O)n1-c1cccc(C(F)(F)F)c1.c1ccccc1. The number of benzene rings is 3. The fraction of sp³-hybridized carbons (Fsp3) is 0.316. The Kier molecular flexibility index (Phi) is 10.8. The standard InChI is InChI=1S/C32H34F3N7O2.C6H6/c1-39-29(27-16-17-37-40(27)25-14-10-21(19-36)11-15-25)28(30(43)38-24-12-8-22(9-13-24)20-42(2,3)4)31(44)41(39)26-7-5-6-23(18-26)32(33,34)35;1-2-4-6-5-3-1/h5-7,10-11,14-18,22,24H,8-9,12-13,20H2,1-4H3;1-6H/p+1/t22-,24-;. The first-order chi connectivity index (χ1) is 23.8. The van der Waals surface area contributed by atoms with E-state index in [0.717, 1.165) is 53.5 Å². The molecule has 0 spiro atoms. The number of halogens is 3. The Hall–Kier alpha value is -5.41. The van der Waals surface area contributed by atoms with Crippen molar-refractivity contribution in [2.75, 3.05) is 27.7 Å². The second kappa shape index (κ2) is 15.0. The predicted octanol–water partition coefficient (Wildman–Crippen LogP) is 6.60. The van der Waals surface area contributed by atoms with Crippen LogP contribution >= 0.6 is 0 Å². The minimum atomic E-state index is -4.62. The van der Waals surface area contributed by atoms with Gasteiger partial charge in [0.05, 0.1) is 68.1 Å². The number of alkyl halides is 3. The fourth-order valence-electron chi connectivity index (χ4n) is 6.48. The van der Waals surface area contributed by atoms with Crippen molar-refractivity contribution in [3.63, 3.8) is 0 Å². The molecular weight excluding hydrogens is 643 g/mol. The number of carbonyl (C=O) groups excluding carboxylic acids is 1. The molecular formula is C38H41F3N7O2+. The first-order valence-electron chi connectivity index (χ1n) is 16.4. The van der Waals surface area contributed by atoms with Crippen molar-refractivity contribution in [1.29, 1.82) is 5.26 Å². The molecule has 1 saturated carbocycles. The quantitative estimate of drug-likeness (QED) is 0.196. The Labute approximate surface area is 289 Å². The van der Waals surface area contributed by atoms with Crippen molar-refractivity contribution in [3.8, 4) is 28.8 Å². The Balaban J connectivity index is 0.000000732. The van der Waals surface area contributed by atoms with Crippen LogP contribution in [-0.4, -0.2) is 63.3 Å². The van der Waals surface area contributed by atoms with E-state index in [-0.39, 0.29) is 23.0 Å². The summed E-state index contributed by atoms with van der Waals surface area (Å²) in [5.41, 5.74) is -0.268. The Morgan fingerprint density at radius 2 is 1.54 bits per heavy atom. The van der Waals surface area contributed by atoms with Crippen molar-refractivity contribution in [1.82, 2.24) is 24.5 Å². The van der Waals surface area contributed by atoms with E-state index in [9.17, 15) is 28.0 Å². The first-order valence-corrected chi connectivity index (χ1v) is 16.4. The van der Waals surface area contributed by atoms with Gasteiger partial charge in [-0.3, -0.25) is 14.3 Å². The van der Waals surface area contributed by atoms with E-state index >= 15 is 0 Å². The van der Waals surface area contributed by atoms with Crippen molar-refractivity contribution in [2.24, 2.45) is 13.0 Å². The van der Waals surface area contributed by atoms with Crippen LogP contribution in [0.25, 0.3) is 22.8 Å². The number of aromatic nitrogens is 4. The van der Waals surface area contributed by atoms with Crippen molar-refractivity contribution in [2.45, 2.75) is 37.9 Å². The Bertz CT molecular complexity index is 1980. The van der Waals surface area contributed by atoms with Crippen LogP contribution in [0.2, 0.25) is 0 Å². The molecule has 0 bridgehead atoms. The van der Waals surface area contributed by atoms with Gasteiger partial charge < -0.3 is 9.80 Å². The van der Waals surface area contributed by atoms with Crippen LogP contribution < -0.4 is 10.9 Å². The fourth-order valence-corrected chi connectivity index (χ4v) is 6.48. The zero-order valence-corrected chi connectivity index (χ0v) is 28.6. The van der Waals surface area contributed by atoms with Gasteiger partial charge in [0.15, 0.2) is 0 Å². The van der Waals surface area contributed by atoms with Gasteiger partial charge in [0.25, 0.3) is 11.5 Å². The largest absolute Gasteiger partial charge is 0.416 e. The lowest BCUT2D eigenvalue weighted by atomic mass is 9.85. The summed E-state index contributed by atoms with van der Waals surface area (Å²) in [4.78, 5) is 28.0. The normalized spacial score (nSPS) is 16.2. The summed E-state index contributed by atoms with van der Waals surface area (Å²) in [6.45, 7) is 1.03. The molecule has 0 radical (unpaired) electrons. The predicted molar refractivity (Wildman–Crippen MR) is 186 cm³/mol. The molecule has 6 rings (SSSR count). The third-order valence-electron chi connectivity index (χ3n) is 8.69. The lowest BCUT2D eigenvalue weighted by Gasteiger charge is -2.34. The van der Waals surface area contributed by atoms with Gasteiger partial charge in [-0.2, -0.15) is 23.5 Å². The van der Waals surface area contributed by atoms with Gasteiger partial charge in [0, 0.05) is 19.0 Å². The topological polar surface area (TPSA) is 97.6 Å². The monoisotopic (exact) mass is 684 g/mol. The molecule has 5 aromatic rings. The van der Waals surface area contributed by atoms with Crippen LogP contribution in [0.1, 0.15) is 47.2 Å². The molecule has 12 heteroatoms. The number of carbonyl (C=O) groups is 1. The molecule has 0 saturated heterocycles. The smallest absolute Gasteiger partial charge is 0.349 e. The molecule has 1 fully saturated rings. The summed E-state index contributed by atoms with van der Waals surface area (Å²) >= 11 is 0. The maximum Gasteiger partial charge on any atom is 0.416 e. The molecule has 1 amide bonds. The average molecular weight is 685 g/mol. The zero-order chi connectivity index (χ0) is 36.1. The van der Waals surface area contributed by atoms with E-state index < -0.39 is 23.2 Å². The summed E-state index contributed by atoms with van der Waals surface area (Å²) in [5, 5.41) is 16.7. The number of nitrogens with one attached hydrogen (secondary N) is 1. The minimum Gasteiger partial charge on any atom is -0.349 e. The third kappa shape index (κ3) is 8.41. The van der Waals surface area contributed by atoms with Gasteiger partial charge in [0.2, 0.25) is 0 Å². The van der Waals surface area contributed by atoms with Gasteiger partial charge in [-0.05, 0) is 74.2 Å². The van der Waals surface area contributed by atoms with Crippen molar-refractivity contribution >= 4 is 5.91 Å². The summed E-state index contributed by atoms with van der Waals surface area (Å²) in [5.74, 6) is -0.0516. The van der Waals surface area contributed by atoms with Gasteiger partial charge >= 0.3 is 6.18 Å². The summed E-state index contributed by atoms with van der Waals surface area (Å²) in [7, 11) is 7.99. The van der Waals surface area contributed by atoms with E-state index in [0.29, 0.717) is 22.9 Å². The number of quaternary nitrogens is 1. The third-order valence-corrected chi connectivity index (χ3v) is 8.69. The first kappa shape index (κ1) is 35.9. The molecule has 0 aliphatic heterocycles. The summed E-state index contributed by atoms with van der Waals surface area (Å²) < 4.78 is 45.7. The molecule has 2 aromatic heterocycles. The number of nitriles is 1. The molecule has 0 unspecified atom stereocenters. The molecule has 0 atom stereocenters. The van der Waals surface area contributed by atoms with Gasteiger partial charge in [-0.1, -0.05) is 42.5 Å². The molecule has 9 nitrogen and oxygen atoms in total. The molecule has 3 aromatic carbocycles. The number of amides is 1. The van der Waals surface area contributed by atoms with E-state index in [1.807, 2.05) is 36.4 Å². The number of nitrogens with zero attached hydrogens (tertiary/aromatic N) is 6. The molecule has 2 heterocycles. The van der Waals surface area contributed by atoms with Crippen LogP contribution in [0, 0.1) is 17.2 Å². The van der Waals surface area contributed by atoms with Gasteiger partial charge in [0.1, 0.15) is 11.3 Å². The van der Waals surface area contributed by atoms with Crippen LogP contribution in [0.3, 0.4) is 0 Å². The van der Waals surface area contributed by atoms with Crippen molar-refractivity contribution in [3.05, 3.63) is 124 Å². The number of hydrogen-bond acceptors (Lipinski definition) is 4. The van der Waals surface area contributed by atoms with Crippen molar-refractivity contribution < 1.29 is 22.4 Å². The second-order valence-electron chi connectivity index (χ2n) is 13.5. The number of hydrogen-bond donors (Lipinski definition) is 1. The van der Waals surface area contributed by atoms with E-state index in [4.69, 9.17) is 0 Å². The summed E-state index contributed by atoms with van der Waals surface area (Å²) in [6.07, 6.45) is 0.320. The Morgan fingerprint density at radius 1 is 0.920 bits per heavy atom. The van der Waals surface area contributed by atoms with Gasteiger partial charge in [-0.25, -0.2) is 9.36 Å². The van der Waals surface area contributed by atoms with Crippen LogP contribution in [0.5, 0.6) is 0 Å². The second-order valence-corrected chi connectivity index (χ2v) is 13.5. The highest BCUT2D eigenvalue weighted by Crippen LogP contribution is 2.32. The summed E-state index contributed by atoms with van der Waals surface area (Å²) in [6, 6.07) is 26.6.